The first kappa shape index (κ1) is 19.0. The summed E-state index contributed by atoms with van der Waals surface area (Å²) in [5, 5.41) is 2.40. The largest absolute Gasteiger partial charge is 0.404 e. The van der Waals surface area contributed by atoms with Gasteiger partial charge >= 0.3 is 6.18 Å². The molecule has 0 amide bonds. The molecule has 3 atom stereocenters. The summed E-state index contributed by atoms with van der Waals surface area (Å²) in [6.07, 6.45) is -2.81. The lowest BCUT2D eigenvalue weighted by molar-refractivity contribution is -0.198. The Kier molecular flexibility index (Phi) is 5.11. The van der Waals surface area contributed by atoms with Gasteiger partial charge in [0.2, 0.25) is 0 Å². The number of nitrogens with zero attached hydrogens (tertiary/aromatic N) is 1. The third-order valence-corrected chi connectivity index (χ3v) is 5.26. The number of hydrogen-bond acceptors (Lipinski definition) is 3. The fraction of sp³-hybridized carbons (Fsp3) is 0.471. The van der Waals surface area contributed by atoms with Gasteiger partial charge in [-0.15, -0.1) is 11.6 Å². The number of hydrogen-bond donors (Lipinski definition) is 1. The predicted octanol–water partition coefficient (Wildman–Crippen LogP) is 4.89. The maximum Gasteiger partial charge on any atom is 0.404 e. The van der Waals surface area contributed by atoms with Gasteiger partial charge in [0.15, 0.2) is 0 Å². The zero-order chi connectivity index (χ0) is 18.4. The number of aliphatic imine (C=N–C) groups is 1. The summed E-state index contributed by atoms with van der Waals surface area (Å²) in [4.78, 5) is 4.20. The van der Waals surface area contributed by atoms with Crippen LogP contribution in [0.2, 0.25) is 0 Å². The number of alkyl halides is 4. The first-order chi connectivity index (χ1) is 11.6. The number of allylic oxidation sites excluding steroid dienone is 1. The summed E-state index contributed by atoms with van der Waals surface area (Å²) in [5.74, 6) is 0. The lowest BCUT2D eigenvalue weighted by Gasteiger charge is -2.46. The second-order valence-corrected chi connectivity index (χ2v) is 8.11. The van der Waals surface area contributed by atoms with Crippen molar-refractivity contribution >= 4 is 46.1 Å². The number of halogens is 5. The van der Waals surface area contributed by atoms with E-state index in [0.29, 0.717) is 5.69 Å². The van der Waals surface area contributed by atoms with Crippen molar-refractivity contribution in [3.63, 3.8) is 0 Å². The minimum atomic E-state index is -4.56. The Morgan fingerprint density at radius 1 is 1.40 bits per heavy atom. The second-order valence-electron chi connectivity index (χ2n) is 6.36. The van der Waals surface area contributed by atoms with E-state index in [0.717, 1.165) is 3.57 Å². The first-order valence-corrected chi connectivity index (χ1v) is 9.31. The molecule has 3 nitrogen and oxygen atoms in total. The molecule has 8 heteroatoms. The fourth-order valence-electron chi connectivity index (χ4n) is 3.19. The number of rotatable bonds is 3. The van der Waals surface area contributed by atoms with E-state index >= 15 is 0 Å². The summed E-state index contributed by atoms with van der Waals surface area (Å²) < 4.78 is 49.8. The molecule has 0 aromatic heterocycles. The Hall–Kier alpha value is -0.800. The quantitative estimate of drug-likeness (QED) is 0.377. The van der Waals surface area contributed by atoms with E-state index < -0.39 is 29.7 Å². The van der Waals surface area contributed by atoms with Crippen molar-refractivity contribution in [3.05, 3.63) is 39.0 Å². The molecule has 25 heavy (non-hydrogen) atoms. The van der Waals surface area contributed by atoms with Gasteiger partial charge in [0.25, 0.3) is 0 Å². The highest BCUT2D eigenvalue weighted by Crippen LogP contribution is 2.54. The molecular formula is C17H17ClF3IN2O. The molecule has 3 rings (SSSR count). The Balaban J connectivity index is 2.27. The molecule has 2 heterocycles. The first-order valence-electron chi connectivity index (χ1n) is 7.79. The minimum absolute atomic E-state index is 0.0950. The molecule has 2 aliphatic rings. The van der Waals surface area contributed by atoms with Crippen molar-refractivity contribution in [1.29, 1.82) is 0 Å². The van der Waals surface area contributed by atoms with Gasteiger partial charge in [-0.3, -0.25) is 4.99 Å². The lowest BCUT2D eigenvalue weighted by atomic mass is 9.69. The number of dihydropyridines is 1. The van der Waals surface area contributed by atoms with E-state index in [2.05, 4.69) is 10.3 Å². The molecule has 0 bridgehead atoms. The van der Waals surface area contributed by atoms with Gasteiger partial charge in [-0.2, -0.15) is 13.2 Å². The third-order valence-electron chi connectivity index (χ3n) is 4.35. The zero-order valence-electron chi connectivity index (χ0n) is 13.6. The van der Waals surface area contributed by atoms with Crippen LogP contribution in [-0.2, 0) is 10.2 Å². The molecule has 136 valence electrons. The number of nitrogens with one attached hydrogen (secondary N) is 1. The van der Waals surface area contributed by atoms with E-state index in [-0.39, 0.29) is 17.2 Å². The molecule has 3 unspecified atom stereocenters. The summed E-state index contributed by atoms with van der Waals surface area (Å²) in [7, 11) is 0. The second kappa shape index (κ2) is 6.74. The highest BCUT2D eigenvalue weighted by molar-refractivity contribution is 14.1. The predicted molar refractivity (Wildman–Crippen MR) is 102 cm³/mol. The van der Waals surface area contributed by atoms with Gasteiger partial charge in [-0.05, 0) is 65.8 Å². The maximum atomic E-state index is 14.5. The molecule has 2 aliphatic heterocycles. The van der Waals surface area contributed by atoms with E-state index in [4.69, 9.17) is 16.3 Å². The average molecular weight is 485 g/mol. The topological polar surface area (TPSA) is 33.6 Å². The monoisotopic (exact) mass is 484 g/mol. The Morgan fingerprint density at radius 3 is 2.76 bits per heavy atom. The van der Waals surface area contributed by atoms with Gasteiger partial charge in [0, 0.05) is 15.5 Å². The SMILES string of the molecule is CC(C)OCC1(C(F)(F)F)C2=CC(Cl)C=NC2Nc2ccc(I)cc21. The van der Waals surface area contributed by atoms with Crippen LogP contribution >= 0.6 is 34.2 Å². The van der Waals surface area contributed by atoms with Crippen LogP contribution in [0.4, 0.5) is 18.9 Å². The van der Waals surface area contributed by atoms with Gasteiger partial charge in [-0.25, -0.2) is 0 Å². The van der Waals surface area contributed by atoms with Gasteiger partial charge in [-0.1, -0.05) is 6.08 Å². The maximum absolute atomic E-state index is 14.5. The van der Waals surface area contributed by atoms with Crippen LogP contribution in [0.3, 0.4) is 0 Å². The summed E-state index contributed by atoms with van der Waals surface area (Å²) in [6.45, 7) is 2.93. The Labute approximate surface area is 162 Å². The van der Waals surface area contributed by atoms with Gasteiger partial charge in [0.1, 0.15) is 11.6 Å². The fourth-order valence-corrected chi connectivity index (χ4v) is 3.89. The van der Waals surface area contributed by atoms with Crippen LogP contribution in [0.25, 0.3) is 0 Å². The molecule has 1 aromatic rings. The molecule has 0 saturated heterocycles. The van der Waals surface area contributed by atoms with Crippen molar-refractivity contribution < 1.29 is 17.9 Å². The van der Waals surface area contributed by atoms with Crippen LogP contribution in [-0.4, -0.2) is 36.6 Å². The lowest BCUT2D eigenvalue weighted by Crippen LogP contribution is -2.55. The Bertz CT molecular complexity index is 735. The number of fused-ring (bicyclic) bond motifs is 2. The van der Waals surface area contributed by atoms with Gasteiger partial charge < -0.3 is 10.1 Å². The highest BCUT2D eigenvalue weighted by atomic mass is 127. The molecule has 1 N–H and O–H groups in total. The van der Waals surface area contributed by atoms with Crippen molar-refractivity contribution in [3.8, 4) is 0 Å². The van der Waals surface area contributed by atoms with E-state index in [1.54, 1.807) is 32.0 Å². The van der Waals surface area contributed by atoms with E-state index in [1.807, 2.05) is 22.6 Å². The normalized spacial score (nSPS) is 28.2. The number of anilines is 1. The summed E-state index contributed by atoms with van der Waals surface area (Å²) in [5.41, 5.74) is -1.62. The molecule has 0 fully saturated rings. The molecular weight excluding hydrogens is 468 g/mol. The average Bonchev–Trinajstić information content (AvgIpc) is 2.51. The van der Waals surface area contributed by atoms with Crippen molar-refractivity contribution in [2.45, 2.75) is 43.1 Å². The van der Waals surface area contributed by atoms with Crippen molar-refractivity contribution in [2.75, 3.05) is 11.9 Å². The van der Waals surface area contributed by atoms with Crippen LogP contribution in [0.5, 0.6) is 0 Å². The van der Waals surface area contributed by atoms with Crippen LogP contribution < -0.4 is 5.32 Å². The summed E-state index contributed by atoms with van der Waals surface area (Å²) >= 11 is 8.09. The molecule has 0 aliphatic carbocycles. The molecule has 0 saturated carbocycles. The number of ether oxygens (including phenoxy) is 1. The standard InChI is InChI=1S/C17H17ClF3IN2O/c1-9(2)25-8-16(17(19,20)21)12-6-11(22)3-4-14(12)24-15-13(16)5-10(18)7-23-15/h3-7,9-10,15,24H,8H2,1-2H3. The van der Waals surface area contributed by atoms with E-state index in [9.17, 15) is 13.2 Å². The van der Waals surface area contributed by atoms with Crippen molar-refractivity contribution in [2.24, 2.45) is 4.99 Å². The zero-order valence-corrected chi connectivity index (χ0v) is 16.5. The third kappa shape index (κ3) is 3.30. The van der Waals surface area contributed by atoms with Crippen LogP contribution in [0.15, 0.2) is 34.8 Å². The molecule has 1 aromatic carbocycles. The van der Waals surface area contributed by atoms with Crippen LogP contribution in [0, 0.1) is 3.57 Å². The molecule has 0 spiro atoms. The van der Waals surface area contributed by atoms with Crippen molar-refractivity contribution in [1.82, 2.24) is 0 Å². The number of benzene rings is 1. The smallest absolute Gasteiger partial charge is 0.377 e. The minimum Gasteiger partial charge on any atom is -0.377 e. The molecule has 0 radical (unpaired) electrons. The summed E-state index contributed by atoms with van der Waals surface area (Å²) in [6, 6.07) is 4.98. The highest BCUT2D eigenvalue weighted by Gasteiger charge is 2.63. The Morgan fingerprint density at radius 2 is 2.12 bits per heavy atom. The van der Waals surface area contributed by atoms with Crippen LogP contribution in [0.1, 0.15) is 19.4 Å². The van der Waals surface area contributed by atoms with Gasteiger partial charge in [0.05, 0.1) is 18.1 Å². The van der Waals surface area contributed by atoms with E-state index in [1.165, 1.54) is 12.3 Å².